The number of nitrogen functional groups attached to an aromatic ring is 1. The lowest BCUT2D eigenvalue weighted by Gasteiger charge is -2.08. The van der Waals surface area contributed by atoms with E-state index in [1.807, 2.05) is 0 Å². The van der Waals surface area contributed by atoms with E-state index in [9.17, 15) is 8.42 Å². The van der Waals surface area contributed by atoms with Crippen molar-refractivity contribution in [3.8, 4) is 0 Å². The normalized spacial score (nSPS) is 11.3. The van der Waals surface area contributed by atoms with Gasteiger partial charge in [0.1, 0.15) is 17.3 Å². The number of nitrogens with two attached hydrogens (primary N) is 1. The first-order chi connectivity index (χ1) is 8.88. The fourth-order valence-corrected chi connectivity index (χ4v) is 2.57. The van der Waals surface area contributed by atoms with Crippen LogP contribution >= 0.6 is 23.2 Å². The Bertz CT molecular complexity index is 721. The Morgan fingerprint density at radius 2 is 1.89 bits per heavy atom. The molecule has 0 atom stereocenters. The van der Waals surface area contributed by atoms with Gasteiger partial charge in [-0.2, -0.15) is 0 Å². The zero-order valence-electron chi connectivity index (χ0n) is 9.34. The van der Waals surface area contributed by atoms with Gasteiger partial charge >= 0.3 is 0 Å². The minimum Gasteiger partial charge on any atom is -0.397 e. The van der Waals surface area contributed by atoms with Crippen LogP contribution in [0.2, 0.25) is 10.2 Å². The van der Waals surface area contributed by atoms with E-state index in [2.05, 4.69) is 14.7 Å². The molecule has 2 aromatic rings. The van der Waals surface area contributed by atoms with Crippen LogP contribution in [0.3, 0.4) is 0 Å². The summed E-state index contributed by atoms with van der Waals surface area (Å²) in [4.78, 5) is 7.37. The molecule has 0 saturated carbocycles. The molecule has 2 rings (SSSR count). The summed E-state index contributed by atoms with van der Waals surface area (Å²) in [5.74, 6) is 0.0634. The van der Waals surface area contributed by atoms with Gasteiger partial charge in [0.2, 0.25) is 0 Å². The van der Waals surface area contributed by atoms with Crippen LogP contribution < -0.4 is 10.5 Å². The van der Waals surface area contributed by atoms with Crippen LogP contribution in [0.4, 0.5) is 11.5 Å². The molecule has 0 unspecified atom stereocenters. The van der Waals surface area contributed by atoms with Gasteiger partial charge in [0.05, 0.1) is 15.6 Å². The number of aromatic nitrogens is 2. The van der Waals surface area contributed by atoms with Crippen LogP contribution in [0, 0.1) is 0 Å². The molecule has 0 saturated heterocycles. The van der Waals surface area contributed by atoms with Gasteiger partial charge in [0.25, 0.3) is 10.0 Å². The second-order valence-corrected chi connectivity index (χ2v) is 5.99. The second-order valence-electron chi connectivity index (χ2n) is 3.51. The molecule has 6 nitrogen and oxygen atoms in total. The molecule has 9 heteroatoms. The molecular weight excluding hydrogens is 311 g/mol. The lowest BCUT2D eigenvalue weighted by molar-refractivity contribution is 0.601. The third-order valence-electron chi connectivity index (χ3n) is 2.15. The topological polar surface area (TPSA) is 98.0 Å². The number of nitrogens with zero attached hydrogens (tertiary/aromatic N) is 2. The van der Waals surface area contributed by atoms with Crippen molar-refractivity contribution in [1.82, 2.24) is 9.97 Å². The molecular formula is C10H8Cl2N4O2S. The average molecular weight is 319 g/mol. The monoisotopic (exact) mass is 318 g/mol. The van der Waals surface area contributed by atoms with E-state index in [1.165, 1.54) is 24.3 Å². The molecule has 0 radical (unpaired) electrons. The summed E-state index contributed by atoms with van der Waals surface area (Å²) in [5, 5.41) is 0.410. The highest BCUT2D eigenvalue weighted by atomic mass is 35.5. The van der Waals surface area contributed by atoms with E-state index in [-0.39, 0.29) is 26.6 Å². The quantitative estimate of drug-likeness (QED) is 0.667. The summed E-state index contributed by atoms with van der Waals surface area (Å²) in [6.07, 6.45) is 1.15. The van der Waals surface area contributed by atoms with Crippen molar-refractivity contribution in [2.24, 2.45) is 0 Å². The Hall–Kier alpha value is -1.57. The van der Waals surface area contributed by atoms with Crippen molar-refractivity contribution >= 4 is 44.7 Å². The maximum atomic E-state index is 12.1. The first-order valence-corrected chi connectivity index (χ1v) is 7.18. The van der Waals surface area contributed by atoms with Gasteiger partial charge < -0.3 is 5.73 Å². The molecule has 100 valence electrons. The minimum absolute atomic E-state index is 0.0239. The molecule has 0 aliphatic rings. The molecule has 0 bridgehead atoms. The van der Waals surface area contributed by atoms with Gasteiger partial charge in [-0.25, -0.2) is 18.4 Å². The number of benzene rings is 1. The number of rotatable bonds is 3. The van der Waals surface area contributed by atoms with Gasteiger partial charge in [-0.15, -0.1) is 0 Å². The van der Waals surface area contributed by atoms with Crippen molar-refractivity contribution in [1.29, 1.82) is 0 Å². The highest BCUT2D eigenvalue weighted by molar-refractivity contribution is 7.92. The van der Waals surface area contributed by atoms with Crippen molar-refractivity contribution < 1.29 is 8.42 Å². The molecule has 0 amide bonds. The lowest BCUT2D eigenvalue weighted by atomic mass is 10.3. The van der Waals surface area contributed by atoms with E-state index in [4.69, 9.17) is 28.9 Å². The molecule has 0 aliphatic heterocycles. The predicted molar refractivity (Wildman–Crippen MR) is 73.7 cm³/mol. The van der Waals surface area contributed by atoms with E-state index in [0.29, 0.717) is 0 Å². The highest BCUT2D eigenvalue weighted by Crippen LogP contribution is 2.23. The minimum atomic E-state index is -3.81. The van der Waals surface area contributed by atoms with Crippen molar-refractivity contribution in [3.63, 3.8) is 0 Å². The predicted octanol–water partition coefficient (Wildman–Crippen LogP) is 2.17. The molecule has 1 aromatic carbocycles. The van der Waals surface area contributed by atoms with Crippen molar-refractivity contribution in [3.05, 3.63) is 40.8 Å². The number of halogens is 2. The molecule has 1 heterocycles. The van der Waals surface area contributed by atoms with E-state index in [1.54, 1.807) is 0 Å². The summed E-state index contributed by atoms with van der Waals surface area (Å²) in [7, 11) is -3.81. The van der Waals surface area contributed by atoms with Crippen LogP contribution in [0.5, 0.6) is 0 Å². The van der Waals surface area contributed by atoms with Crippen LogP contribution in [-0.2, 0) is 10.0 Å². The summed E-state index contributed by atoms with van der Waals surface area (Å²) < 4.78 is 26.4. The Kier molecular flexibility index (Phi) is 3.79. The largest absolute Gasteiger partial charge is 0.397 e. The van der Waals surface area contributed by atoms with Gasteiger partial charge in [0, 0.05) is 6.07 Å². The van der Waals surface area contributed by atoms with Crippen molar-refractivity contribution in [2.75, 3.05) is 10.5 Å². The Morgan fingerprint density at radius 3 is 2.53 bits per heavy atom. The smallest absolute Gasteiger partial charge is 0.263 e. The molecule has 0 aliphatic carbocycles. The van der Waals surface area contributed by atoms with Gasteiger partial charge in [-0.3, -0.25) is 4.72 Å². The second kappa shape index (κ2) is 5.20. The number of nitrogens with one attached hydrogen (secondary N) is 1. The molecule has 3 N–H and O–H groups in total. The molecule has 1 aromatic heterocycles. The molecule has 0 spiro atoms. The molecule has 19 heavy (non-hydrogen) atoms. The zero-order chi connectivity index (χ0) is 14.0. The fraction of sp³-hybridized carbons (Fsp3) is 0. The van der Waals surface area contributed by atoms with Gasteiger partial charge in [0.15, 0.2) is 0 Å². The number of hydrogen-bond donors (Lipinski definition) is 2. The maximum absolute atomic E-state index is 12.1. The first kappa shape index (κ1) is 13.9. The Morgan fingerprint density at radius 1 is 1.16 bits per heavy atom. The van der Waals surface area contributed by atoms with Crippen LogP contribution in [-0.4, -0.2) is 18.4 Å². The number of anilines is 2. The van der Waals surface area contributed by atoms with E-state index in [0.717, 1.165) is 6.33 Å². The van der Waals surface area contributed by atoms with Crippen LogP contribution in [0.15, 0.2) is 35.5 Å². The van der Waals surface area contributed by atoms with E-state index >= 15 is 0 Å². The third-order valence-corrected chi connectivity index (χ3v) is 4.05. The third kappa shape index (κ3) is 3.25. The zero-order valence-corrected chi connectivity index (χ0v) is 11.7. The number of sulfonamides is 1. The average Bonchev–Trinajstić information content (AvgIpc) is 2.32. The summed E-state index contributed by atoms with van der Waals surface area (Å²) in [6.45, 7) is 0. The van der Waals surface area contributed by atoms with Crippen LogP contribution in [0.1, 0.15) is 0 Å². The lowest BCUT2D eigenvalue weighted by Crippen LogP contribution is -2.14. The van der Waals surface area contributed by atoms with Crippen LogP contribution in [0.25, 0.3) is 0 Å². The van der Waals surface area contributed by atoms with Gasteiger partial charge in [-0.1, -0.05) is 23.2 Å². The van der Waals surface area contributed by atoms with Gasteiger partial charge in [-0.05, 0) is 18.2 Å². The number of hydrogen-bond acceptors (Lipinski definition) is 5. The Balaban J connectivity index is 2.35. The highest BCUT2D eigenvalue weighted by Gasteiger charge is 2.16. The Labute approximate surface area is 119 Å². The summed E-state index contributed by atoms with van der Waals surface area (Å²) in [5.41, 5.74) is 5.74. The summed E-state index contributed by atoms with van der Waals surface area (Å²) in [6, 6.07) is 5.29. The van der Waals surface area contributed by atoms with Crippen molar-refractivity contribution in [2.45, 2.75) is 4.90 Å². The first-order valence-electron chi connectivity index (χ1n) is 4.94. The van der Waals surface area contributed by atoms with E-state index < -0.39 is 10.0 Å². The standard InChI is InChI=1S/C10H8Cl2N4O2S/c11-7-2-1-6(3-8(7)13)19(17,18)16-10-4-9(12)14-5-15-10/h1-5H,13H2,(H,14,15,16). The maximum Gasteiger partial charge on any atom is 0.263 e. The SMILES string of the molecule is Nc1cc(S(=O)(=O)Nc2cc(Cl)ncn2)ccc1Cl. The fourth-order valence-electron chi connectivity index (χ4n) is 1.27. The molecule has 0 fully saturated rings. The summed E-state index contributed by atoms with van der Waals surface area (Å²) >= 11 is 11.4.